The van der Waals surface area contributed by atoms with E-state index < -0.39 is 26.5 Å². The van der Waals surface area contributed by atoms with Crippen molar-refractivity contribution in [3.05, 3.63) is 97.2 Å². The van der Waals surface area contributed by atoms with Crippen LogP contribution in [-0.4, -0.2) is 54.3 Å². The highest BCUT2D eigenvalue weighted by molar-refractivity contribution is 7.47. The number of phosphoric ester groups is 1. The van der Waals surface area contributed by atoms with Gasteiger partial charge in [0.25, 0.3) is 0 Å². The minimum Gasteiger partial charge on any atom is -0.463 e. The monoisotopic (exact) mass is 858 g/mol. The largest absolute Gasteiger partial charge is 0.472 e. The molecule has 10 heteroatoms. The number of carbonyl (C=O) groups excluding carboxylic acids is 2. The van der Waals surface area contributed by atoms with Crippen LogP contribution >= 0.6 is 7.82 Å². The second-order valence-corrected chi connectivity index (χ2v) is 16.4. The number of allylic oxidation sites excluding steroid dienone is 16. The van der Waals surface area contributed by atoms with Gasteiger partial charge in [-0.1, -0.05) is 169 Å². The van der Waals surface area contributed by atoms with Crippen molar-refractivity contribution in [2.45, 2.75) is 180 Å². The Morgan fingerprint density at radius 1 is 0.533 bits per heavy atom. The van der Waals surface area contributed by atoms with Gasteiger partial charge in [0.1, 0.15) is 12.7 Å². The van der Waals surface area contributed by atoms with E-state index in [1.54, 1.807) is 0 Å². The fourth-order valence-electron chi connectivity index (χ4n) is 5.77. The first-order chi connectivity index (χ1) is 29.3. The van der Waals surface area contributed by atoms with Crippen LogP contribution in [0, 0.1) is 0 Å². The van der Waals surface area contributed by atoms with E-state index in [4.69, 9.17) is 13.8 Å². The van der Waals surface area contributed by atoms with E-state index in [-0.39, 0.29) is 32.1 Å². The lowest BCUT2D eigenvalue weighted by Crippen LogP contribution is -2.27. The summed E-state index contributed by atoms with van der Waals surface area (Å²) in [4.78, 5) is 33.9. The molecule has 2 unspecified atom stereocenters. The summed E-state index contributed by atoms with van der Waals surface area (Å²) in [6.45, 7) is 3.34. The van der Waals surface area contributed by atoms with E-state index in [9.17, 15) is 24.2 Å². The van der Waals surface area contributed by atoms with Crippen LogP contribution in [0.25, 0.3) is 0 Å². The number of hydrogen-bond donors (Lipinski definition) is 3. The number of hydrogen-bond acceptors (Lipinski definition) is 7. The Morgan fingerprint density at radius 3 is 1.48 bits per heavy atom. The maximum Gasteiger partial charge on any atom is 0.472 e. The molecule has 60 heavy (non-hydrogen) atoms. The van der Waals surface area contributed by atoms with E-state index in [0.29, 0.717) is 12.8 Å². The van der Waals surface area contributed by atoms with Crippen molar-refractivity contribution in [3.8, 4) is 0 Å². The zero-order valence-electron chi connectivity index (χ0n) is 37.6. The van der Waals surface area contributed by atoms with Crippen LogP contribution in [0.5, 0.6) is 0 Å². The molecular formula is C50H84NO8P. The van der Waals surface area contributed by atoms with Gasteiger partial charge in [-0.2, -0.15) is 0 Å². The second-order valence-electron chi connectivity index (χ2n) is 15.0. The van der Waals surface area contributed by atoms with Gasteiger partial charge in [0.05, 0.1) is 13.2 Å². The fourth-order valence-corrected chi connectivity index (χ4v) is 6.53. The Balaban J connectivity index is 3.72. The summed E-state index contributed by atoms with van der Waals surface area (Å²) < 4.78 is 26.9. The van der Waals surface area contributed by atoms with Crippen LogP contribution in [0.2, 0.25) is 0 Å². The second kappa shape index (κ2) is 45.5. The quantitative estimate of drug-likeness (QED) is 0.0239. The molecule has 0 aromatic rings. The first-order valence-electron chi connectivity index (χ1n) is 23.2. The Labute approximate surface area is 365 Å². The Kier molecular flexibility index (Phi) is 43.1. The highest BCUT2D eigenvalue weighted by Gasteiger charge is 2.23. The number of aliphatic hydroxyl groups excluding tert-OH is 1. The molecule has 2 atom stereocenters. The van der Waals surface area contributed by atoms with Crippen molar-refractivity contribution in [1.82, 2.24) is 5.32 Å². The summed E-state index contributed by atoms with van der Waals surface area (Å²) in [6.07, 6.45) is 59.2. The molecule has 0 aliphatic rings. The Bertz CT molecular complexity index is 1300. The maximum atomic E-state index is 12.1. The molecule has 0 aromatic heterocycles. The van der Waals surface area contributed by atoms with Gasteiger partial charge in [-0.25, -0.2) is 4.57 Å². The summed E-state index contributed by atoms with van der Waals surface area (Å²) in [5.74, 6) is -0.592. The highest BCUT2D eigenvalue weighted by atomic mass is 31.2. The van der Waals surface area contributed by atoms with Crippen LogP contribution in [-0.2, 0) is 27.9 Å². The summed E-state index contributed by atoms with van der Waals surface area (Å²) in [5, 5.41) is 12.7. The molecule has 0 bridgehead atoms. The fraction of sp³-hybridized carbons (Fsp3) is 0.640. The molecule has 0 aliphatic heterocycles. The first-order valence-corrected chi connectivity index (χ1v) is 24.7. The molecule has 0 aliphatic carbocycles. The van der Waals surface area contributed by atoms with Crippen molar-refractivity contribution < 1.29 is 37.9 Å². The van der Waals surface area contributed by atoms with Crippen LogP contribution in [0.1, 0.15) is 174 Å². The molecule has 9 nitrogen and oxygen atoms in total. The molecule has 0 saturated carbocycles. The summed E-state index contributed by atoms with van der Waals surface area (Å²) in [7, 11) is -4.44. The molecule has 0 radical (unpaired) electrons. The van der Waals surface area contributed by atoms with Gasteiger partial charge in [0, 0.05) is 19.4 Å². The van der Waals surface area contributed by atoms with Crippen LogP contribution in [0.3, 0.4) is 0 Å². The Morgan fingerprint density at radius 2 is 0.967 bits per heavy atom. The number of unbranched alkanes of at least 4 members (excludes halogenated alkanes) is 13. The Hall–Kier alpha value is -3.07. The number of aliphatic hydroxyl groups is 1. The zero-order valence-corrected chi connectivity index (χ0v) is 38.5. The number of rotatable bonds is 42. The van der Waals surface area contributed by atoms with Gasteiger partial charge >= 0.3 is 13.8 Å². The number of carbonyl (C=O) groups is 2. The summed E-state index contributed by atoms with van der Waals surface area (Å²) >= 11 is 0. The van der Waals surface area contributed by atoms with Gasteiger partial charge in [-0.3, -0.25) is 18.6 Å². The first kappa shape index (κ1) is 56.9. The minimum absolute atomic E-state index is 0.0435. The highest BCUT2D eigenvalue weighted by Crippen LogP contribution is 2.42. The summed E-state index contributed by atoms with van der Waals surface area (Å²) in [5.41, 5.74) is 0. The van der Waals surface area contributed by atoms with Gasteiger partial charge in [-0.15, -0.1) is 0 Å². The molecular weight excluding hydrogens is 774 g/mol. The number of phosphoric acid groups is 1. The molecule has 0 fully saturated rings. The van der Waals surface area contributed by atoms with Crippen LogP contribution in [0.15, 0.2) is 97.2 Å². The predicted octanol–water partition coefficient (Wildman–Crippen LogP) is 13.4. The zero-order chi connectivity index (χ0) is 43.9. The lowest BCUT2D eigenvalue weighted by atomic mass is 10.1. The predicted molar refractivity (Wildman–Crippen MR) is 252 cm³/mol. The molecule has 0 aromatic carbocycles. The molecule has 342 valence electrons. The van der Waals surface area contributed by atoms with E-state index in [2.05, 4.69) is 116 Å². The average molecular weight is 858 g/mol. The standard InChI is InChI=1S/C50H84NO8P/c1-3-5-7-9-11-13-15-17-19-21-22-23-24-25-26-27-28-30-32-34-36-38-40-42-49(53)51-44-45-58-60(55,56)59-47-48(52)46-57-50(54)43-41-39-37-35-33-31-29-20-18-16-14-12-10-8-6-4-2/h5,7,11,13,17,19-20,22-23,25-26,28-30,34,36,48,52H,3-4,6,8-10,12,14-16,18,21,24,27,31-33,35,37-47H2,1-2H3,(H,51,53)(H,55,56)/b7-5-,13-11-,19-17-,23-22-,26-25-,29-20-,30-28-,36-34-. The van der Waals surface area contributed by atoms with E-state index in [1.807, 2.05) is 0 Å². The van der Waals surface area contributed by atoms with E-state index >= 15 is 0 Å². The number of esters is 1. The topological polar surface area (TPSA) is 131 Å². The smallest absolute Gasteiger partial charge is 0.463 e. The van der Waals surface area contributed by atoms with Crippen molar-refractivity contribution >= 4 is 19.7 Å². The van der Waals surface area contributed by atoms with Crippen LogP contribution < -0.4 is 5.32 Å². The van der Waals surface area contributed by atoms with Crippen molar-refractivity contribution in [2.24, 2.45) is 0 Å². The number of ether oxygens (including phenoxy) is 1. The van der Waals surface area contributed by atoms with Crippen LogP contribution in [0.4, 0.5) is 0 Å². The third kappa shape index (κ3) is 46.0. The maximum absolute atomic E-state index is 12.1. The number of amides is 1. The van der Waals surface area contributed by atoms with Crippen molar-refractivity contribution in [1.29, 1.82) is 0 Å². The van der Waals surface area contributed by atoms with Gasteiger partial charge < -0.3 is 20.1 Å². The molecule has 0 spiro atoms. The average Bonchev–Trinajstić information content (AvgIpc) is 3.23. The molecule has 1 amide bonds. The lowest BCUT2D eigenvalue weighted by Gasteiger charge is -2.15. The molecule has 0 saturated heterocycles. The van der Waals surface area contributed by atoms with E-state index in [1.165, 1.54) is 51.4 Å². The van der Waals surface area contributed by atoms with Crippen molar-refractivity contribution in [2.75, 3.05) is 26.4 Å². The van der Waals surface area contributed by atoms with Crippen molar-refractivity contribution in [3.63, 3.8) is 0 Å². The van der Waals surface area contributed by atoms with Gasteiger partial charge in [0.2, 0.25) is 5.91 Å². The third-order valence-electron chi connectivity index (χ3n) is 9.25. The molecule has 3 N–H and O–H groups in total. The minimum atomic E-state index is -4.44. The normalized spacial score (nSPS) is 14.1. The third-order valence-corrected chi connectivity index (χ3v) is 10.2. The van der Waals surface area contributed by atoms with Gasteiger partial charge in [-0.05, 0) is 89.9 Å². The van der Waals surface area contributed by atoms with Gasteiger partial charge in [0.15, 0.2) is 0 Å². The SMILES string of the molecule is CC/C=C\C/C=C\C/C=C\C/C=C\C/C=C\C/C=C\C/C=C\CCCC(=O)NCCOP(=O)(O)OCC(O)COC(=O)CCCCCCC/C=C\CCCCCCCCC. The van der Waals surface area contributed by atoms with E-state index in [0.717, 1.165) is 89.9 Å². The number of nitrogens with one attached hydrogen (secondary N) is 1. The summed E-state index contributed by atoms with van der Waals surface area (Å²) in [6, 6.07) is 0. The lowest BCUT2D eigenvalue weighted by molar-refractivity contribution is -0.147. The molecule has 0 rings (SSSR count). The molecule has 0 heterocycles.